The number of benzene rings is 2. The maximum atomic E-state index is 14.0. The first-order chi connectivity index (χ1) is 19.0. The van der Waals surface area contributed by atoms with Gasteiger partial charge in [-0.15, -0.1) is 5.10 Å². The van der Waals surface area contributed by atoms with Crippen LogP contribution in [0.1, 0.15) is 24.8 Å². The van der Waals surface area contributed by atoms with Gasteiger partial charge in [0.25, 0.3) is 0 Å². The van der Waals surface area contributed by atoms with Crippen LogP contribution in [0.25, 0.3) is 11.0 Å². The van der Waals surface area contributed by atoms with E-state index in [2.05, 4.69) is 32.8 Å². The van der Waals surface area contributed by atoms with E-state index in [4.69, 9.17) is 0 Å². The van der Waals surface area contributed by atoms with Gasteiger partial charge in [-0.25, -0.2) is 4.68 Å². The molecule has 5 rings (SSSR count). The summed E-state index contributed by atoms with van der Waals surface area (Å²) in [5.41, 5.74) is 4.08. The lowest BCUT2D eigenvalue weighted by Crippen LogP contribution is -2.52. The Kier molecular flexibility index (Phi) is 7.96. The smallest absolute Gasteiger partial charge is 0.247 e. The van der Waals surface area contributed by atoms with Gasteiger partial charge >= 0.3 is 0 Å². The molecule has 0 radical (unpaired) electrons. The number of pyridine rings is 1. The number of hydrogen-bond acceptors (Lipinski definition) is 6. The van der Waals surface area contributed by atoms with Crippen molar-refractivity contribution in [3.63, 3.8) is 0 Å². The molecule has 2 heterocycles. The molecule has 2 atom stereocenters. The first kappa shape index (κ1) is 26.1. The highest BCUT2D eigenvalue weighted by Gasteiger charge is 2.37. The molecule has 4 aromatic rings. The Morgan fingerprint density at radius 2 is 1.87 bits per heavy atom. The van der Waals surface area contributed by atoms with E-state index in [1.165, 1.54) is 0 Å². The third-order valence-electron chi connectivity index (χ3n) is 7.11. The number of hydrogen-bond donors (Lipinski definition) is 1. The Bertz CT molecular complexity index is 1450. The zero-order valence-electron chi connectivity index (χ0n) is 22.3. The third kappa shape index (κ3) is 6.14. The molecule has 0 aliphatic heterocycles. The summed E-state index contributed by atoms with van der Waals surface area (Å²) in [6, 6.07) is 18.3. The molecule has 1 aliphatic rings. The number of rotatable bonds is 9. The summed E-state index contributed by atoms with van der Waals surface area (Å²) in [6.07, 6.45) is 10.1. The minimum Gasteiger partial charge on any atom is -0.378 e. The molecule has 200 valence electrons. The van der Waals surface area contributed by atoms with Crippen molar-refractivity contribution in [1.29, 1.82) is 0 Å². The second-order valence-corrected chi connectivity index (χ2v) is 10.0. The van der Waals surface area contributed by atoms with Crippen molar-refractivity contribution >= 4 is 34.2 Å². The molecule has 1 N–H and O–H groups in total. The van der Waals surface area contributed by atoms with E-state index < -0.39 is 6.04 Å². The summed E-state index contributed by atoms with van der Waals surface area (Å²) in [7, 11) is 3.95. The average molecular weight is 524 g/mol. The highest BCUT2D eigenvalue weighted by Crippen LogP contribution is 2.28. The topological polar surface area (TPSA) is 96.2 Å². The average Bonchev–Trinajstić information content (AvgIpc) is 3.36. The van der Waals surface area contributed by atoms with Crippen LogP contribution < -0.4 is 10.2 Å². The van der Waals surface area contributed by atoms with E-state index in [1.54, 1.807) is 22.0 Å². The summed E-state index contributed by atoms with van der Waals surface area (Å²) < 4.78 is 1.60. The standard InChI is InChI=1S/C30H33N7O2/c1-35(2)25-16-14-24(15-17-25)32-30(39)29(23-10-4-3-5-11-23)36(20-22-9-8-18-31-19-22)28(38)21-37-27-13-7-6-12-26(27)33-34-37/h3-4,6-9,12-19,23,29H,5,10-11,20-21H2,1-2H3,(H,32,39)/t23-,29?/m0/s1. The lowest BCUT2D eigenvalue weighted by Gasteiger charge is -2.37. The van der Waals surface area contributed by atoms with E-state index >= 15 is 0 Å². The van der Waals surface area contributed by atoms with Crippen LogP contribution in [0.3, 0.4) is 0 Å². The maximum Gasteiger partial charge on any atom is 0.247 e. The molecule has 1 unspecified atom stereocenters. The number of carbonyl (C=O) groups excluding carboxylic acids is 2. The molecule has 0 saturated carbocycles. The van der Waals surface area contributed by atoms with Gasteiger partial charge in [0.1, 0.15) is 18.1 Å². The van der Waals surface area contributed by atoms with Crippen LogP contribution in [-0.2, 0) is 22.7 Å². The van der Waals surface area contributed by atoms with Crippen LogP contribution in [0.15, 0.2) is 85.2 Å². The quantitative estimate of drug-likeness (QED) is 0.329. The number of aromatic nitrogens is 4. The van der Waals surface area contributed by atoms with Crippen molar-refractivity contribution in [2.45, 2.75) is 38.4 Å². The van der Waals surface area contributed by atoms with Gasteiger partial charge in [-0.3, -0.25) is 14.6 Å². The van der Waals surface area contributed by atoms with E-state index in [0.717, 1.165) is 41.5 Å². The van der Waals surface area contributed by atoms with Crippen LogP contribution in [0, 0.1) is 5.92 Å². The molecular weight excluding hydrogens is 490 g/mol. The number of allylic oxidation sites excluding steroid dienone is 2. The predicted octanol–water partition coefficient (Wildman–Crippen LogP) is 4.28. The fourth-order valence-corrected chi connectivity index (χ4v) is 5.06. The molecule has 0 fully saturated rings. The van der Waals surface area contributed by atoms with Gasteiger partial charge in [-0.05, 0) is 73.2 Å². The molecule has 9 nitrogen and oxygen atoms in total. The Morgan fingerprint density at radius 1 is 1.05 bits per heavy atom. The molecular formula is C30H33N7O2. The SMILES string of the molecule is CN(C)c1ccc(NC(=O)C([C@H]2CC=CCC2)N(Cc2cccnc2)C(=O)Cn2nnc3ccccc32)cc1. The monoisotopic (exact) mass is 523 g/mol. The lowest BCUT2D eigenvalue weighted by molar-refractivity contribution is -0.142. The van der Waals surface area contributed by atoms with Crippen LogP contribution in [-0.4, -0.2) is 56.8 Å². The number of anilines is 2. The molecule has 9 heteroatoms. The maximum absolute atomic E-state index is 14.0. The summed E-state index contributed by atoms with van der Waals surface area (Å²) >= 11 is 0. The van der Waals surface area contributed by atoms with Crippen LogP contribution in [0.5, 0.6) is 0 Å². The predicted molar refractivity (Wildman–Crippen MR) is 152 cm³/mol. The summed E-state index contributed by atoms with van der Waals surface area (Å²) in [4.78, 5) is 36.0. The molecule has 0 saturated heterocycles. The van der Waals surface area contributed by atoms with Gasteiger partial charge in [0.05, 0.1) is 5.52 Å². The van der Waals surface area contributed by atoms with Gasteiger partial charge < -0.3 is 15.1 Å². The van der Waals surface area contributed by atoms with Crippen molar-refractivity contribution in [3.8, 4) is 0 Å². The number of para-hydroxylation sites is 1. The highest BCUT2D eigenvalue weighted by molar-refractivity contribution is 5.97. The highest BCUT2D eigenvalue weighted by atomic mass is 16.2. The fraction of sp³-hybridized carbons (Fsp3) is 0.300. The summed E-state index contributed by atoms with van der Waals surface area (Å²) in [5.74, 6) is -0.426. The Hall–Kier alpha value is -4.53. The minimum atomic E-state index is -0.675. The lowest BCUT2D eigenvalue weighted by atomic mass is 9.85. The van der Waals surface area contributed by atoms with Crippen molar-refractivity contribution < 1.29 is 9.59 Å². The van der Waals surface area contributed by atoms with Crippen LogP contribution in [0.4, 0.5) is 11.4 Å². The number of amides is 2. The Balaban J connectivity index is 1.47. The van der Waals surface area contributed by atoms with Gasteiger partial charge in [0, 0.05) is 44.4 Å². The zero-order valence-corrected chi connectivity index (χ0v) is 22.3. The van der Waals surface area contributed by atoms with E-state index in [-0.39, 0.29) is 30.8 Å². The van der Waals surface area contributed by atoms with E-state index in [1.807, 2.05) is 79.7 Å². The molecule has 2 aromatic heterocycles. The van der Waals surface area contributed by atoms with E-state index in [0.29, 0.717) is 5.69 Å². The van der Waals surface area contributed by atoms with E-state index in [9.17, 15) is 9.59 Å². The number of carbonyl (C=O) groups is 2. The fourth-order valence-electron chi connectivity index (χ4n) is 5.06. The first-order valence-corrected chi connectivity index (χ1v) is 13.2. The molecule has 0 bridgehead atoms. The molecule has 39 heavy (non-hydrogen) atoms. The van der Waals surface area contributed by atoms with Gasteiger partial charge in [-0.2, -0.15) is 0 Å². The van der Waals surface area contributed by atoms with Crippen LogP contribution >= 0.6 is 0 Å². The molecule has 1 aliphatic carbocycles. The Morgan fingerprint density at radius 3 is 2.59 bits per heavy atom. The van der Waals surface area contributed by atoms with Gasteiger partial charge in [0.2, 0.25) is 11.8 Å². The number of nitrogens with zero attached hydrogens (tertiary/aromatic N) is 6. The molecule has 2 aromatic carbocycles. The first-order valence-electron chi connectivity index (χ1n) is 13.2. The van der Waals surface area contributed by atoms with Crippen LogP contribution in [0.2, 0.25) is 0 Å². The summed E-state index contributed by atoms with van der Waals surface area (Å²) in [5, 5.41) is 11.5. The number of nitrogens with one attached hydrogen (secondary N) is 1. The Labute approximate surface area is 228 Å². The second-order valence-electron chi connectivity index (χ2n) is 10.0. The van der Waals surface area contributed by atoms with Gasteiger partial charge in [0.15, 0.2) is 0 Å². The zero-order chi connectivity index (χ0) is 27.2. The third-order valence-corrected chi connectivity index (χ3v) is 7.11. The van der Waals surface area contributed by atoms with Crippen molar-refractivity contribution in [2.24, 2.45) is 5.92 Å². The molecule has 0 spiro atoms. The molecule has 2 amide bonds. The van der Waals surface area contributed by atoms with Crippen molar-refractivity contribution in [2.75, 3.05) is 24.3 Å². The largest absolute Gasteiger partial charge is 0.378 e. The van der Waals surface area contributed by atoms with Crippen molar-refractivity contribution in [1.82, 2.24) is 24.9 Å². The minimum absolute atomic E-state index is 0.0232. The number of fused-ring (bicyclic) bond motifs is 1. The van der Waals surface area contributed by atoms with Gasteiger partial charge in [-0.1, -0.05) is 35.6 Å². The van der Waals surface area contributed by atoms with Crippen molar-refractivity contribution in [3.05, 3.63) is 90.8 Å². The normalized spacial score (nSPS) is 15.6. The second kappa shape index (κ2) is 11.9. The summed E-state index contributed by atoms with van der Waals surface area (Å²) in [6.45, 7) is 0.238.